The number of carbonyl (C=O) groups excluding carboxylic acids is 2. The third kappa shape index (κ3) is 16.1. The third-order valence-electron chi connectivity index (χ3n) is 3.13. The summed E-state index contributed by atoms with van der Waals surface area (Å²) in [6.07, 6.45) is 11.6. The molecular weight excluding hydrogens is 251 g/mol. The van der Waals surface area contributed by atoms with Crippen LogP contribution in [0.3, 0.4) is 0 Å². The maximum Gasteiger partial charge on any atom is 1.00 e. The summed E-state index contributed by atoms with van der Waals surface area (Å²) in [6.45, 7) is 2.23. The van der Waals surface area contributed by atoms with Crippen LogP contribution in [0.1, 0.15) is 79.0 Å². The molecule has 0 unspecified atom stereocenters. The molecule has 0 saturated heterocycles. The number of carbonyl (C=O) groups is 2. The van der Waals surface area contributed by atoms with Crippen molar-refractivity contribution in [3.05, 3.63) is 0 Å². The second-order valence-corrected chi connectivity index (χ2v) is 4.87. The Hall–Kier alpha value is 0.140. The zero-order chi connectivity index (χ0) is 13.6. The van der Waals surface area contributed by atoms with E-state index >= 15 is 0 Å². The van der Waals surface area contributed by atoms with Crippen LogP contribution >= 0.6 is 0 Å². The predicted octanol–water partition coefficient (Wildman–Crippen LogP) is 1.16. The molecular formula is C15H29NaO3. The van der Waals surface area contributed by atoms with Gasteiger partial charge in [-0.3, -0.25) is 9.59 Å². The average Bonchev–Trinajstić information content (AvgIpc) is 2.36. The minimum absolute atomic E-state index is 0. The van der Waals surface area contributed by atoms with Gasteiger partial charge < -0.3 is 6.16 Å². The summed E-state index contributed by atoms with van der Waals surface area (Å²) < 4.78 is 4.45. The van der Waals surface area contributed by atoms with Gasteiger partial charge in [0, 0.05) is 6.42 Å². The van der Waals surface area contributed by atoms with E-state index < -0.39 is 5.97 Å². The van der Waals surface area contributed by atoms with Crippen LogP contribution in [0.2, 0.25) is 0 Å². The molecule has 108 valence electrons. The van der Waals surface area contributed by atoms with E-state index in [0.29, 0.717) is 6.42 Å². The van der Waals surface area contributed by atoms with Gasteiger partial charge in [-0.2, -0.15) is 0 Å². The van der Waals surface area contributed by atoms with Crippen molar-refractivity contribution in [2.24, 2.45) is 0 Å². The molecule has 0 radical (unpaired) electrons. The van der Waals surface area contributed by atoms with Crippen molar-refractivity contribution < 1.29 is 45.3 Å². The number of rotatable bonds is 12. The monoisotopic (exact) mass is 280 g/mol. The zero-order valence-electron chi connectivity index (χ0n) is 14.0. The number of hydrogen-bond acceptors (Lipinski definition) is 3. The number of Topliss-reactive ketones (excluding diaryl/α,β-unsaturated/α-hetero) is 1. The fourth-order valence-electron chi connectivity index (χ4n) is 1.95. The molecule has 4 heteroatoms. The summed E-state index contributed by atoms with van der Waals surface area (Å²) in [7, 11) is 1.31. The first kappa shape index (κ1) is 21.4. The van der Waals surface area contributed by atoms with Gasteiger partial charge in [0.1, 0.15) is 12.2 Å². The summed E-state index contributed by atoms with van der Waals surface area (Å²) in [5.74, 6) is -0.416. The molecule has 0 aromatic rings. The van der Waals surface area contributed by atoms with E-state index in [-0.39, 0.29) is 43.2 Å². The summed E-state index contributed by atoms with van der Waals surface area (Å²) in [5, 5.41) is 0. The van der Waals surface area contributed by atoms with Gasteiger partial charge >= 0.3 is 35.5 Å². The molecule has 0 aromatic carbocycles. The van der Waals surface area contributed by atoms with E-state index in [4.69, 9.17) is 0 Å². The number of unbranched alkanes of at least 4 members (excludes halogenated alkanes) is 8. The van der Waals surface area contributed by atoms with Crippen molar-refractivity contribution in [2.75, 3.05) is 7.11 Å². The van der Waals surface area contributed by atoms with E-state index in [1.54, 1.807) is 0 Å². The molecule has 0 heterocycles. The normalized spacial score (nSPS) is 9.79. The summed E-state index contributed by atoms with van der Waals surface area (Å²) >= 11 is 0. The fourth-order valence-corrected chi connectivity index (χ4v) is 1.95. The Morgan fingerprint density at radius 2 is 1.37 bits per heavy atom. The largest absolute Gasteiger partial charge is 1.00 e. The van der Waals surface area contributed by atoms with Crippen LogP contribution in [-0.2, 0) is 14.3 Å². The molecule has 0 spiro atoms. The molecule has 0 aromatic heterocycles. The Labute approximate surface area is 141 Å². The Kier molecular flexibility index (Phi) is 18.3. The van der Waals surface area contributed by atoms with Gasteiger partial charge in [0.2, 0.25) is 0 Å². The molecule has 0 aliphatic heterocycles. The first-order valence-electron chi connectivity index (χ1n) is 7.29. The van der Waals surface area contributed by atoms with Gasteiger partial charge in [-0.1, -0.05) is 58.3 Å². The minimum atomic E-state index is -0.420. The predicted molar refractivity (Wildman–Crippen MR) is 74.6 cm³/mol. The van der Waals surface area contributed by atoms with Crippen LogP contribution in [0.4, 0.5) is 0 Å². The molecule has 0 fully saturated rings. The van der Waals surface area contributed by atoms with Crippen molar-refractivity contribution in [1.29, 1.82) is 0 Å². The summed E-state index contributed by atoms with van der Waals surface area (Å²) in [4.78, 5) is 22.2. The first-order valence-corrected chi connectivity index (χ1v) is 7.29. The van der Waals surface area contributed by atoms with E-state index in [0.717, 1.165) is 12.8 Å². The molecule has 0 rings (SSSR count). The summed E-state index contributed by atoms with van der Waals surface area (Å²) in [6, 6.07) is 0. The van der Waals surface area contributed by atoms with Crippen molar-refractivity contribution in [2.45, 2.75) is 77.6 Å². The van der Waals surface area contributed by atoms with Gasteiger partial charge in [0.25, 0.3) is 0 Å². The molecule has 0 bridgehead atoms. The molecule has 0 aliphatic rings. The van der Waals surface area contributed by atoms with Crippen LogP contribution in [-0.4, -0.2) is 18.9 Å². The molecule has 0 aliphatic carbocycles. The van der Waals surface area contributed by atoms with Gasteiger partial charge in [-0.05, 0) is 6.42 Å². The number of ketones is 1. The number of hydrogen-bond donors (Lipinski definition) is 0. The Bertz CT molecular complexity index is 235. The fraction of sp³-hybridized carbons (Fsp3) is 0.867. The van der Waals surface area contributed by atoms with Gasteiger partial charge in [0.05, 0.1) is 7.11 Å². The maximum absolute atomic E-state index is 11.3. The molecule has 0 saturated carbocycles. The van der Waals surface area contributed by atoms with Gasteiger partial charge in [-0.25, -0.2) is 0 Å². The average molecular weight is 280 g/mol. The van der Waals surface area contributed by atoms with Gasteiger partial charge in [0.15, 0.2) is 0 Å². The maximum atomic E-state index is 11.3. The Balaban J connectivity index is -0.00000144. The van der Waals surface area contributed by atoms with Gasteiger partial charge in [-0.15, -0.1) is 0 Å². The van der Waals surface area contributed by atoms with E-state index in [9.17, 15) is 9.59 Å². The molecule has 0 N–H and O–H groups in total. The number of esters is 1. The SMILES string of the molecule is CCCCCCCCCCCC(=O)CC(=O)OC.[H-].[Na+]. The smallest absolute Gasteiger partial charge is 1.00 e. The van der Waals surface area contributed by atoms with E-state index in [1.165, 1.54) is 52.1 Å². The third-order valence-corrected chi connectivity index (χ3v) is 3.13. The van der Waals surface area contributed by atoms with Crippen LogP contribution in [0.15, 0.2) is 0 Å². The standard InChI is InChI=1S/C15H28O3.Na.H/c1-3-4-5-6-7-8-9-10-11-12-14(16)13-15(17)18-2;;/h3-13H2,1-2H3;;/q;+1;-1. The number of methoxy groups -OCH3 is 1. The second kappa shape index (κ2) is 16.2. The van der Waals surface area contributed by atoms with E-state index in [2.05, 4.69) is 11.7 Å². The number of ether oxygens (including phenoxy) is 1. The van der Waals surface area contributed by atoms with Crippen molar-refractivity contribution in [1.82, 2.24) is 0 Å². The Morgan fingerprint density at radius 1 is 0.895 bits per heavy atom. The topological polar surface area (TPSA) is 43.4 Å². The van der Waals surface area contributed by atoms with Crippen molar-refractivity contribution in [3.8, 4) is 0 Å². The van der Waals surface area contributed by atoms with Crippen LogP contribution in [0, 0.1) is 0 Å². The first-order chi connectivity index (χ1) is 8.70. The molecule has 0 amide bonds. The second-order valence-electron chi connectivity index (χ2n) is 4.87. The Morgan fingerprint density at radius 3 is 1.84 bits per heavy atom. The molecule has 3 nitrogen and oxygen atoms in total. The molecule has 0 atom stereocenters. The quantitative estimate of drug-likeness (QED) is 0.233. The van der Waals surface area contributed by atoms with Crippen LogP contribution < -0.4 is 29.6 Å². The minimum Gasteiger partial charge on any atom is -1.00 e. The van der Waals surface area contributed by atoms with E-state index in [1.807, 2.05) is 0 Å². The zero-order valence-corrected chi connectivity index (χ0v) is 15.0. The van der Waals surface area contributed by atoms with Crippen LogP contribution in [0.5, 0.6) is 0 Å². The summed E-state index contributed by atoms with van der Waals surface area (Å²) in [5.41, 5.74) is 0. The van der Waals surface area contributed by atoms with Crippen LogP contribution in [0.25, 0.3) is 0 Å². The molecule has 19 heavy (non-hydrogen) atoms. The van der Waals surface area contributed by atoms with Crippen molar-refractivity contribution in [3.63, 3.8) is 0 Å². The van der Waals surface area contributed by atoms with Crippen molar-refractivity contribution >= 4 is 11.8 Å².